The number of hydrogen-bond donors (Lipinski definition) is 3. The van der Waals surface area contributed by atoms with E-state index in [4.69, 9.17) is 9.62 Å². The van der Waals surface area contributed by atoms with E-state index >= 15 is 0 Å². The van der Waals surface area contributed by atoms with E-state index in [9.17, 15) is 9.59 Å². The van der Waals surface area contributed by atoms with Crippen LogP contribution in [-0.4, -0.2) is 17.0 Å². The Bertz CT molecular complexity index is 808. The summed E-state index contributed by atoms with van der Waals surface area (Å²) in [5, 5.41) is 12.1. The van der Waals surface area contributed by atoms with Crippen molar-refractivity contribution in [2.24, 2.45) is 0 Å². The molecular weight excluding hydrogens is 292 g/mol. The summed E-state index contributed by atoms with van der Waals surface area (Å²) >= 11 is 1.25. The molecule has 0 unspecified atom stereocenters. The number of amides is 2. The third kappa shape index (κ3) is 2.64. The molecule has 0 aliphatic carbocycles. The third-order valence-electron chi connectivity index (χ3n) is 2.84. The van der Waals surface area contributed by atoms with Crippen LogP contribution >= 0.6 is 11.3 Å². The van der Waals surface area contributed by atoms with Gasteiger partial charge in [-0.2, -0.15) is 0 Å². The van der Waals surface area contributed by atoms with Crippen molar-refractivity contribution in [3.8, 4) is 0 Å². The molecule has 1 aromatic carbocycles. The number of rotatable bonds is 3. The molecule has 7 heteroatoms. The van der Waals surface area contributed by atoms with Crippen molar-refractivity contribution >= 4 is 38.9 Å². The Hall–Kier alpha value is -2.64. The van der Waals surface area contributed by atoms with Gasteiger partial charge in [0.05, 0.1) is 11.1 Å². The molecule has 0 aliphatic rings. The normalized spacial score (nSPS) is 10.5. The summed E-state index contributed by atoms with van der Waals surface area (Å²) < 4.78 is 5.89. The molecule has 0 radical (unpaired) electrons. The number of nitrogens with one attached hydrogen (secondary N) is 2. The molecule has 0 saturated carbocycles. The van der Waals surface area contributed by atoms with Gasteiger partial charge in [0, 0.05) is 10.4 Å². The fourth-order valence-corrected chi connectivity index (χ4v) is 2.82. The zero-order valence-corrected chi connectivity index (χ0v) is 11.4. The summed E-state index contributed by atoms with van der Waals surface area (Å²) in [5.74, 6) is -0.680. The van der Waals surface area contributed by atoms with Crippen LogP contribution in [0.5, 0.6) is 0 Å². The second-order valence-electron chi connectivity index (χ2n) is 4.24. The molecule has 0 fully saturated rings. The number of benzene rings is 1. The summed E-state index contributed by atoms with van der Waals surface area (Å²) in [6.07, 6.45) is 1.43. The molecule has 0 aliphatic heterocycles. The fourth-order valence-electron chi connectivity index (χ4n) is 1.89. The summed E-state index contributed by atoms with van der Waals surface area (Å²) in [6.45, 7) is 0. The van der Waals surface area contributed by atoms with Crippen LogP contribution in [0.3, 0.4) is 0 Å². The first kappa shape index (κ1) is 13.3. The van der Waals surface area contributed by atoms with Crippen LogP contribution in [0.1, 0.15) is 20.2 Å². The summed E-state index contributed by atoms with van der Waals surface area (Å²) in [4.78, 5) is 23.6. The van der Waals surface area contributed by atoms with Crippen LogP contribution in [0.25, 0.3) is 10.1 Å². The molecule has 106 valence electrons. The quantitative estimate of drug-likeness (QED) is 0.512. The highest BCUT2D eigenvalue weighted by atomic mass is 32.1. The second-order valence-corrected chi connectivity index (χ2v) is 5.32. The molecule has 0 saturated heterocycles. The van der Waals surface area contributed by atoms with Gasteiger partial charge in [0.1, 0.15) is 0 Å². The lowest BCUT2D eigenvalue weighted by atomic mass is 10.2. The minimum atomic E-state index is -0.558. The Morgan fingerprint density at radius 1 is 1.14 bits per heavy atom. The highest BCUT2D eigenvalue weighted by Crippen LogP contribution is 2.28. The monoisotopic (exact) mass is 302 g/mol. The standard InChI is InChI=1S/C14H10N2O4S/c17-13(10-2-1-5-20-10)15-9-3-4-11-8(6-9)7-12(21-11)14(18)16-19/h1-7,19H,(H,15,17)(H,16,18). The van der Waals surface area contributed by atoms with Crippen LogP contribution < -0.4 is 10.8 Å². The van der Waals surface area contributed by atoms with Gasteiger partial charge in [-0.05, 0) is 41.8 Å². The Labute approximate surface area is 123 Å². The number of anilines is 1. The van der Waals surface area contributed by atoms with Crippen LogP contribution in [0.2, 0.25) is 0 Å². The average molecular weight is 302 g/mol. The first-order valence-corrected chi connectivity index (χ1v) is 6.82. The van der Waals surface area contributed by atoms with E-state index in [0.29, 0.717) is 10.6 Å². The lowest BCUT2D eigenvalue weighted by Gasteiger charge is -2.02. The molecule has 3 aromatic rings. The topological polar surface area (TPSA) is 91.6 Å². The van der Waals surface area contributed by atoms with Gasteiger partial charge in [0.2, 0.25) is 0 Å². The average Bonchev–Trinajstić information content (AvgIpc) is 3.15. The maximum absolute atomic E-state index is 11.9. The first-order chi connectivity index (χ1) is 10.2. The van der Waals surface area contributed by atoms with E-state index in [2.05, 4.69) is 5.32 Å². The van der Waals surface area contributed by atoms with Crippen LogP contribution in [-0.2, 0) is 0 Å². The number of hydrogen-bond acceptors (Lipinski definition) is 5. The fraction of sp³-hybridized carbons (Fsp3) is 0. The minimum absolute atomic E-state index is 0.223. The molecule has 0 atom stereocenters. The van der Waals surface area contributed by atoms with E-state index in [-0.39, 0.29) is 11.7 Å². The van der Waals surface area contributed by atoms with E-state index in [1.54, 1.807) is 41.9 Å². The number of carbonyl (C=O) groups excluding carboxylic acids is 2. The van der Waals surface area contributed by atoms with Gasteiger partial charge in [-0.1, -0.05) is 0 Å². The summed E-state index contributed by atoms with van der Waals surface area (Å²) in [7, 11) is 0. The van der Waals surface area contributed by atoms with Gasteiger partial charge in [-0.25, -0.2) is 5.48 Å². The Balaban J connectivity index is 1.87. The molecule has 2 aromatic heterocycles. The van der Waals surface area contributed by atoms with Crippen LogP contribution in [0.15, 0.2) is 47.1 Å². The van der Waals surface area contributed by atoms with Gasteiger partial charge in [0.15, 0.2) is 5.76 Å². The Morgan fingerprint density at radius 2 is 2.00 bits per heavy atom. The van der Waals surface area contributed by atoms with Crippen molar-refractivity contribution in [1.82, 2.24) is 5.48 Å². The number of hydroxylamine groups is 1. The summed E-state index contributed by atoms with van der Waals surface area (Å²) in [6, 6.07) is 10.1. The lowest BCUT2D eigenvalue weighted by Crippen LogP contribution is -2.16. The van der Waals surface area contributed by atoms with Gasteiger partial charge < -0.3 is 9.73 Å². The maximum Gasteiger partial charge on any atom is 0.291 e. The molecule has 21 heavy (non-hydrogen) atoms. The van der Waals surface area contributed by atoms with Crippen molar-refractivity contribution in [2.45, 2.75) is 0 Å². The Kier molecular flexibility index (Phi) is 3.43. The second kappa shape index (κ2) is 5.39. The molecule has 0 bridgehead atoms. The van der Waals surface area contributed by atoms with Crippen molar-refractivity contribution in [3.63, 3.8) is 0 Å². The summed E-state index contributed by atoms with van der Waals surface area (Å²) in [5.41, 5.74) is 2.19. The van der Waals surface area contributed by atoms with Crippen molar-refractivity contribution < 1.29 is 19.2 Å². The van der Waals surface area contributed by atoms with Gasteiger partial charge in [0.25, 0.3) is 11.8 Å². The van der Waals surface area contributed by atoms with Crippen LogP contribution in [0.4, 0.5) is 5.69 Å². The van der Waals surface area contributed by atoms with Crippen molar-refractivity contribution in [2.75, 3.05) is 5.32 Å². The molecule has 0 spiro atoms. The van der Waals surface area contributed by atoms with E-state index in [0.717, 1.165) is 10.1 Å². The molecule has 6 nitrogen and oxygen atoms in total. The molecule has 3 N–H and O–H groups in total. The highest BCUT2D eigenvalue weighted by molar-refractivity contribution is 7.20. The first-order valence-electron chi connectivity index (χ1n) is 6.00. The van der Waals surface area contributed by atoms with Crippen molar-refractivity contribution in [3.05, 3.63) is 53.3 Å². The van der Waals surface area contributed by atoms with Crippen LogP contribution in [0, 0.1) is 0 Å². The molecule has 3 rings (SSSR count). The number of thiophene rings is 1. The van der Waals surface area contributed by atoms with Crippen molar-refractivity contribution in [1.29, 1.82) is 0 Å². The third-order valence-corrected chi connectivity index (χ3v) is 3.96. The molecule has 2 heterocycles. The molecule has 2 amide bonds. The predicted molar refractivity (Wildman–Crippen MR) is 77.7 cm³/mol. The highest BCUT2D eigenvalue weighted by Gasteiger charge is 2.12. The van der Waals surface area contributed by atoms with Gasteiger partial charge >= 0.3 is 0 Å². The smallest absolute Gasteiger partial charge is 0.291 e. The zero-order valence-electron chi connectivity index (χ0n) is 10.6. The lowest BCUT2D eigenvalue weighted by molar-refractivity contribution is 0.0711. The van der Waals surface area contributed by atoms with E-state index in [1.165, 1.54) is 17.6 Å². The van der Waals surface area contributed by atoms with Gasteiger partial charge in [-0.15, -0.1) is 11.3 Å². The minimum Gasteiger partial charge on any atom is -0.459 e. The maximum atomic E-state index is 11.9. The number of fused-ring (bicyclic) bond motifs is 1. The predicted octanol–water partition coefficient (Wildman–Crippen LogP) is 2.87. The van der Waals surface area contributed by atoms with E-state index in [1.807, 2.05) is 0 Å². The SMILES string of the molecule is O=C(Nc1ccc2sc(C(=O)NO)cc2c1)c1ccco1. The number of carbonyl (C=O) groups is 2. The largest absolute Gasteiger partial charge is 0.459 e. The number of furan rings is 1. The van der Waals surface area contributed by atoms with Gasteiger partial charge in [-0.3, -0.25) is 14.8 Å². The zero-order chi connectivity index (χ0) is 14.8. The van der Waals surface area contributed by atoms with E-state index < -0.39 is 5.91 Å². The Morgan fingerprint density at radius 3 is 2.71 bits per heavy atom. The molecular formula is C14H10N2O4S.